The number of benzene rings is 1. The minimum absolute atomic E-state index is 0.0618. The molecule has 1 N–H and O–H groups in total. The van der Waals surface area contributed by atoms with Gasteiger partial charge in [-0.3, -0.25) is 0 Å². The van der Waals surface area contributed by atoms with Gasteiger partial charge in [-0.05, 0) is 43.7 Å². The molecule has 0 aromatic heterocycles. The van der Waals surface area contributed by atoms with Crippen LogP contribution in [0.15, 0.2) is 18.2 Å². The fraction of sp³-hybridized carbons (Fsp3) is 0.647. The number of anilines is 1. The lowest BCUT2D eigenvalue weighted by Crippen LogP contribution is -2.34. The number of piperidine rings is 1. The lowest BCUT2D eigenvalue weighted by Gasteiger charge is -2.34. The van der Waals surface area contributed by atoms with Crippen molar-refractivity contribution in [3.63, 3.8) is 0 Å². The molecule has 3 heteroatoms. The third kappa shape index (κ3) is 3.14. The number of hydrogen-bond acceptors (Lipinski definition) is 2. The third-order valence-corrected chi connectivity index (χ3v) is 4.77. The summed E-state index contributed by atoms with van der Waals surface area (Å²) in [6, 6.07) is 6.14. The highest BCUT2D eigenvalue weighted by atomic mass is 19.1. The average Bonchev–Trinajstić information content (AvgIpc) is 3.30. The molecule has 2 aliphatic rings. The van der Waals surface area contributed by atoms with E-state index in [-0.39, 0.29) is 5.82 Å². The quantitative estimate of drug-likeness (QED) is 0.882. The van der Waals surface area contributed by atoms with Crippen LogP contribution >= 0.6 is 0 Å². The van der Waals surface area contributed by atoms with E-state index in [1.165, 1.54) is 32.1 Å². The van der Waals surface area contributed by atoms with E-state index in [0.29, 0.717) is 12.6 Å². The zero-order chi connectivity index (χ0) is 13.9. The standard InChI is InChI=1S/C17H25FN2/c1-2-13-8-10-20(11-9-13)17-5-3-4-16(18)15(17)12-19-14-6-7-14/h3-5,13-14,19H,2,6-12H2,1H3. The van der Waals surface area contributed by atoms with Gasteiger partial charge in [-0.2, -0.15) is 0 Å². The van der Waals surface area contributed by atoms with E-state index in [1.54, 1.807) is 6.07 Å². The maximum absolute atomic E-state index is 14.2. The van der Waals surface area contributed by atoms with Crippen LogP contribution in [0.5, 0.6) is 0 Å². The van der Waals surface area contributed by atoms with Gasteiger partial charge in [-0.15, -0.1) is 0 Å². The number of nitrogens with one attached hydrogen (secondary N) is 1. The first-order chi connectivity index (χ1) is 9.78. The molecule has 0 amide bonds. The molecule has 3 rings (SSSR count). The Morgan fingerprint density at radius 3 is 2.60 bits per heavy atom. The molecule has 0 spiro atoms. The van der Waals surface area contributed by atoms with Crippen molar-refractivity contribution in [2.45, 2.75) is 51.6 Å². The molecule has 0 atom stereocenters. The minimum atomic E-state index is -0.0618. The molecular formula is C17H25FN2. The average molecular weight is 276 g/mol. The predicted octanol–water partition coefficient (Wildman–Crippen LogP) is 3.70. The Morgan fingerprint density at radius 1 is 1.20 bits per heavy atom. The molecule has 2 nitrogen and oxygen atoms in total. The van der Waals surface area contributed by atoms with E-state index in [9.17, 15) is 4.39 Å². The van der Waals surface area contributed by atoms with Crippen LogP contribution in [0.2, 0.25) is 0 Å². The Hall–Kier alpha value is -1.09. The molecule has 20 heavy (non-hydrogen) atoms. The van der Waals surface area contributed by atoms with Gasteiger partial charge in [-0.1, -0.05) is 19.4 Å². The zero-order valence-electron chi connectivity index (χ0n) is 12.4. The molecule has 1 aliphatic heterocycles. The number of nitrogens with zero attached hydrogens (tertiary/aromatic N) is 1. The largest absolute Gasteiger partial charge is 0.371 e. The summed E-state index contributed by atoms with van der Waals surface area (Å²) in [7, 11) is 0. The smallest absolute Gasteiger partial charge is 0.129 e. The summed E-state index contributed by atoms with van der Waals surface area (Å²) in [5, 5.41) is 3.45. The highest BCUT2D eigenvalue weighted by Crippen LogP contribution is 2.30. The van der Waals surface area contributed by atoms with Crippen LogP contribution in [0.3, 0.4) is 0 Å². The van der Waals surface area contributed by atoms with Crippen molar-refractivity contribution < 1.29 is 4.39 Å². The first kappa shape index (κ1) is 13.9. The molecule has 1 aromatic rings. The molecule has 1 aromatic carbocycles. The van der Waals surface area contributed by atoms with Crippen molar-refractivity contribution in [2.24, 2.45) is 5.92 Å². The van der Waals surface area contributed by atoms with Crippen LogP contribution in [0.1, 0.15) is 44.6 Å². The number of halogens is 1. The Labute approximate surface area is 121 Å². The fourth-order valence-corrected chi connectivity index (χ4v) is 3.13. The summed E-state index contributed by atoms with van der Waals surface area (Å²) >= 11 is 0. The summed E-state index contributed by atoms with van der Waals surface area (Å²) in [5.41, 5.74) is 1.96. The molecule has 1 saturated carbocycles. The summed E-state index contributed by atoms with van der Waals surface area (Å²) in [6.07, 6.45) is 6.23. The zero-order valence-corrected chi connectivity index (χ0v) is 12.4. The molecule has 0 radical (unpaired) electrons. The first-order valence-electron chi connectivity index (χ1n) is 8.03. The van der Waals surface area contributed by atoms with E-state index in [2.05, 4.69) is 23.2 Å². The topological polar surface area (TPSA) is 15.3 Å². The highest BCUT2D eigenvalue weighted by molar-refractivity contribution is 5.54. The third-order valence-electron chi connectivity index (χ3n) is 4.77. The maximum Gasteiger partial charge on any atom is 0.129 e. The molecule has 0 unspecified atom stereocenters. The summed E-state index contributed by atoms with van der Waals surface area (Å²) in [5.74, 6) is 0.793. The van der Waals surface area contributed by atoms with Gasteiger partial charge in [-0.25, -0.2) is 4.39 Å². The molecular weight excluding hydrogens is 251 g/mol. The highest BCUT2D eigenvalue weighted by Gasteiger charge is 2.24. The Kier molecular flexibility index (Phi) is 4.25. The van der Waals surface area contributed by atoms with Crippen molar-refractivity contribution in [1.29, 1.82) is 0 Å². The SMILES string of the molecule is CCC1CCN(c2cccc(F)c2CNC2CC2)CC1. The maximum atomic E-state index is 14.2. The fourth-order valence-electron chi connectivity index (χ4n) is 3.13. The van der Waals surface area contributed by atoms with E-state index in [0.717, 1.165) is 30.3 Å². The lowest BCUT2D eigenvalue weighted by molar-refractivity contribution is 0.394. The van der Waals surface area contributed by atoms with Crippen molar-refractivity contribution in [3.05, 3.63) is 29.6 Å². The van der Waals surface area contributed by atoms with E-state index >= 15 is 0 Å². The van der Waals surface area contributed by atoms with Gasteiger partial charge in [0.25, 0.3) is 0 Å². The number of rotatable bonds is 5. The second-order valence-corrected chi connectivity index (χ2v) is 6.23. The molecule has 110 valence electrons. The van der Waals surface area contributed by atoms with E-state index in [1.807, 2.05) is 6.07 Å². The summed E-state index contributed by atoms with van der Waals surface area (Å²) < 4.78 is 14.2. The predicted molar refractivity (Wildman–Crippen MR) is 81.5 cm³/mol. The van der Waals surface area contributed by atoms with Crippen molar-refractivity contribution >= 4 is 5.69 Å². The Morgan fingerprint density at radius 2 is 1.95 bits per heavy atom. The lowest BCUT2D eigenvalue weighted by atomic mass is 9.93. The second-order valence-electron chi connectivity index (χ2n) is 6.23. The van der Waals surface area contributed by atoms with E-state index in [4.69, 9.17) is 0 Å². The van der Waals surface area contributed by atoms with Crippen LogP contribution in [0, 0.1) is 11.7 Å². The normalized spacial score (nSPS) is 20.4. The monoisotopic (exact) mass is 276 g/mol. The second kappa shape index (κ2) is 6.13. The van der Waals surface area contributed by atoms with Crippen molar-refractivity contribution in [3.8, 4) is 0 Å². The van der Waals surface area contributed by atoms with Gasteiger partial charge < -0.3 is 10.2 Å². The van der Waals surface area contributed by atoms with Gasteiger partial charge in [0.1, 0.15) is 5.82 Å². The molecule has 0 bridgehead atoms. The van der Waals surface area contributed by atoms with Crippen LogP contribution in [0.25, 0.3) is 0 Å². The van der Waals surface area contributed by atoms with Gasteiger partial charge >= 0.3 is 0 Å². The van der Waals surface area contributed by atoms with Crippen LogP contribution in [-0.4, -0.2) is 19.1 Å². The van der Waals surface area contributed by atoms with Gasteiger partial charge in [0.05, 0.1) is 0 Å². The van der Waals surface area contributed by atoms with Gasteiger partial charge in [0.15, 0.2) is 0 Å². The summed E-state index contributed by atoms with van der Waals surface area (Å²) in [4.78, 5) is 2.37. The molecule has 2 fully saturated rings. The first-order valence-corrected chi connectivity index (χ1v) is 8.03. The summed E-state index contributed by atoms with van der Waals surface area (Å²) in [6.45, 7) is 5.07. The Balaban J connectivity index is 1.72. The van der Waals surface area contributed by atoms with Crippen LogP contribution < -0.4 is 10.2 Å². The molecule has 1 aliphatic carbocycles. The number of hydrogen-bond donors (Lipinski definition) is 1. The molecule has 1 heterocycles. The van der Waals surface area contributed by atoms with Crippen LogP contribution in [0.4, 0.5) is 10.1 Å². The van der Waals surface area contributed by atoms with Gasteiger partial charge in [0, 0.05) is 36.9 Å². The minimum Gasteiger partial charge on any atom is -0.371 e. The van der Waals surface area contributed by atoms with E-state index < -0.39 is 0 Å². The van der Waals surface area contributed by atoms with Gasteiger partial charge in [0.2, 0.25) is 0 Å². The van der Waals surface area contributed by atoms with Crippen LogP contribution in [-0.2, 0) is 6.54 Å². The van der Waals surface area contributed by atoms with Crippen molar-refractivity contribution in [1.82, 2.24) is 5.32 Å². The Bertz CT molecular complexity index is 448. The van der Waals surface area contributed by atoms with Crippen molar-refractivity contribution in [2.75, 3.05) is 18.0 Å². The molecule has 1 saturated heterocycles.